The van der Waals surface area contributed by atoms with Gasteiger partial charge in [-0.2, -0.15) is 8.78 Å². The van der Waals surface area contributed by atoms with E-state index in [9.17, 15) is 23.7 Å². The minimum atomic E-state index is -1.29. The smallest absolute Gasteiger partial charge is 0.303 e. The van der Waals surface area contributed by atoms with E-state index in [-0.39, 0.29) is 12.0 Å². The lowest BCUT2D eigenvalue weighted by atomic mass is 10.1. The summed E-state index contributed by atoms with van der Waals surface area (Å²) in [6.07, 6.45) is 0.0764. The Kier molecular flexibility index (Phi) is 2.85. The summed E-state index contributed by atoms with van der Waals surface area (Å²) in [5, 5.41) is 10.2. The number of aldehydes is 1. The molecule has 0 aliphatic rings. The van der Waals surface area contributed by atoms with Gasteiger partial charge in [-0.25, -0.2) is 0 Å². The third kappa shape index (κ3) is 1.73. The summed E-state index contributed by atoms with van der Waals surface area (Å²) in [6.45, 7) is 0. The van der Waals surface area contributed by atoms with Crippen molar-refractivity contribution in [3.8, 4) is 0 Å². The Bertz CT molecular complexity index is 392. The molecule has 0 heterocycles. The number of nitro benzene ring substituents is 1. The lowest BCUT2D eigenvalue weighted by Gasteiger charge is -1.99. The van der Waals surface area contributed by atoms with E-state index < -0.39 is 22.2 Å². The van der Waals surface area contributed by atoms with Crippen molar-refractivity contribution >= 4 is 12.0 Å². The predicted octanol–water partition coefficient (Wildman–Crippen LogP) is 1.61. The summed E-state index contributed by atoms with van der Waals surface area (Å²) in [5.74, 6) is -2.54. The van der Waals surface area contributed by atoms with Crippen LogP contribution in [-0.4, -0.2) is 11.2 Å². The molecule has 14 heavy (non-hydrogen) atoms. The third-order valence-corrected chi connectivity index (χ3v) is 1.63. The van der Waals surface area contributed by atoms with Crippen molar-refractivity contribution in [3.05, 3.63) is 39.4 Å². The predicted molar refractivity (Wildman–Crippen MR) is 42.8 cm³/mol. The van der Waals surface area contributed by atoms with E-state index in [1.807, 2.05) is 0 Å². The molecule has 4 nitrogen and oxygen atoms in total. The fraction of sp³-hybridized carbons (Fsp3) is 0.125. The molecule has 0 bridgehead atoms. The molecule has 0 aliphatic carbocycles. The number of carbonyl (C=O) groups excluding carboxylic acids is 1. The first-order chi connectivity index (χ1) is 6.57. The molecule has 1 aromatic rings. The van der Waals surface area contributed by atoms with Crippen LogP contribution >= 0.6 is 0 Å². The van der Waals surface area contributed by atoms with Crippen molar-refractivity contribution in [3.63, 3.8) is 0 Å². The Morgan fingerprint density at radius 2 is 2.07 bits per heavy atom. The van der Waals surface area contributed by atoms with E-state index in [2.05, 4.69) is 0 Å². The second kappa shape index (κ2) is 3.91. The fourth-order valence-corrected chi connectivity index (χ4v) is 0.998. The molecule has 0 saturated carbocycles. The standard InChI is InChI=1S/C8H5F2NO3/c9-6-2-1-5(3-4-12)7(10)8(6)11(13)14/h1-2,4H,3H2. The van der Waals surface area contributed by atoms with Crippen molar-refractivity contribution in [2.75, 3.05) is 0 Å². The molecule has 1 rings (SSSR count). The van der Waals surface area contributed by atoms with Gasteiger partial charge in [-0.3, -0.25) is 10.1 Å². The van der Waals surface area contributed by atoms with Crippen LogP contribution in [0, 0.1) is 21.7 Å². The third-order valence-electron chi connectivity index (χ3n) is 1.63. The van der Waals surface area contributed by atoms with Gasteiger partial charge in [0.2, 0.25) is 11.6 Å². The molecule has 0 N–H and O–H groups in total. The van der Waals surface area contributed by atoms with Crippen LogP contribution in [0.3, 0.4) is 0 Å². The second-order valence-electron chi connectivity index (χ2n) is 2.50. The lowest BCUT2D eigenvalue weighted by Crippen LogP contribution is -2.01. The van der Waals surface area contributed by atoms with Crippen LogP contribution in [0.4, 0.5) is 14.5 Å². The summed E-state index contributed by atoms with van der Waals surface area (Å²) in [5.41, 5.74) is -1.41. The molecule has 1 aromatic carbocycles. The van der Waals surface area contributed by atoms with Crippen LogP contribution < -0.4 is 0 Å². The van der Waals surface area contributed by atoms with Crippen LogP contribution in [0.2, 0.25) is 0 Å². The van der Waals surface area contributed by atoms with Crippen molar-refractivity contribution in [1.82, 2.24) is 0 Å². The molecule has 6 heteroatoms. The highest BCUT2D eigenvalue weighted by Gasteiger charge is 2.23. The topological polar surface area (TPSA) is 60.2 Å². The molecule has 0 unspecified atom stereocenters. The first kappa shape index (κ1) is 10.2. The molecular formula is C8H5F2NO3. The van der Waals surface area contributed by atoms with Gasteiger partial charge >= 0.3 is 5.69 Å². The van der Waals surface area contributed by atoms with Crippen LogP contribution in [0.25, 0.3) is 0 Å². The second-order valence-corrected chi connectivity index (χ2v) is 2.50. The van der Waals surface area contributed by atoms with Gasteiger partial charge < -0.3 is 4.79 Å². The summed E-state index contributed by atoms with van der Waals surface area (Å²) < 4.78 is 25.9. The van der Waals surface area contributed by atoms with Gasteiger partial charge in [0.05, 0.1) is 4.92 Å². The Morgan fingerprint density at radius 3 is 2.57 bits per heavy atom. The van der Waals surface area contributed by atoms with Gasteiger partial charge in [0.25, 0.3) is 0 Å². The van der Waals surface area contributed by atoms with E-state index in [0.717, 1.165) is 12.1 Å². The molecule has 0 spiro atoms. The molecule has 0 radical (unpaired) electrons. The highest BCUT2D eigenvalue weighted by atomic mass is 19.1. The van der Waals surface area contributed by atoms with Gasteiger partial charge in [0.15, 0.2) is 0 Å². The van der Waals surface area contributed by atoms with Crippen molar-refractivity contribution in [2.24, 2.45) is 0 Å². The number of nitrogens with zero attached hydrogens (tertiary/aromatic N) is 1. The van der Waals surface area contributed by atoms with Gasteiger partial charge in [-0.05, 0) is 6.07 Å². The molecular weight excluding hydrogens is 196 g/mol. The average molecular weight is 201 g/mol. The molecule has 0 amide bonds. The van der Waals surface area contributed by atoms with E-state index in [0.29, 0.717) is 6.29 Å². The van der Waals surface area contributed by atoms with E-state index in [4.69, 9.17) is 0 Å². The van der Waals surface area contributed by atoms with E-state index in [1.165, 1.54) is 0 Å². The van der Waals surface area contributed by atoms with Gasteiger partial charge in [0.1, 0.15) is 6.29 Å². The molecule has 0 aromatic heterocycles. The Balaban J connectivity index is 3.32. The van der Waals surface area contributed by atoms with Gasteiger partial charge in [-0.15, -0.1) is 0 Å². The van der Waals surface area contributed by atoms with Crippen molar-refractivity contribution < 1.29 is 18.5 Å². The monoisotopic (exact) mass is 201 g/mol. The number of carbonyl (C=O) groups is 1. The maximum absolute atomic E-state index is 13.1. The number of nitro groups is 1. The number of benzene rings is 1. The van der Waals surface area contributed by atoms with Gasteiger partial charge in [-0.1, -0.05) is 6.07 Å². The summed E-state index contributed by atoms with van der Waals surface area (Å²) >= 11 is 0. The van der Waals surface area contributed by atoms with Crippen LogP contribution in [0.1, 0.15) is 5.56 Å². The number of hydrogen-bond donors (Lipinski definition) is 0. The summed E-state index contributed by atoms with van der Waals surface area (Å²) in [4.78, 5) is 19.1. The Labute approximate surface area is 77.3 Å². The highest BCUT2D eigenvalue weighted by Crippen LogP contribution is 2.24. The summed E-state index contributed by atoms with van der Waals surface area (Å²) in [6, 6.07) is 1.77. The maximum atomic E-state index is 13.1. The first-order valence-electron chi connectivity index (χ1n) is 3.62. The minimum Gasteiger partial charge on any atom is -0.303 e. The molecule has 74 valence electrons. The zero-order chi connectivity index (χ0) is 10.7. The van der Waals surface area contributed by atoms with Crippen molar-refractivity contribution in [2.45, 2.75) is 6.42 Å². The van der Waals surface area contributed by atoms with Crippen LogP contribution in [0.5, 0.6) is 0 Å². The quantitative estimate of drug-likeness (QED) is 0.424. The van der Waals surface area contributed by atoms with Crippen molar-refractivity contribution in [1.29, 1.82) is 0 Å². The number of halogens is 2. The lowest BCUT2D eigenvalue weighted by molar-refractivity contribution is -0.390. The largest absolute Gasteiger partial charge is 0.340 e. The number of hydrogen-bond acceptors (Lipinski definition) is 3. The molecule has 0 saturated heterocycles. The van der Waals surface area contributed by atoms with E-state index >= 15 is 0 Å². The molecule has 0 aliphatic heterocycles. The molecule has 0 fully saturated rings. The Hall–Kier alpha value is -1.85. The van der Waals surface area contributed by atoms with Crippen LogP contribution in [-0.2, 0) is 11.2 Å². The zero-order valence-electron chi connectivity index (χ0n) is 6.87. The zero-order valence-corrected chi connectivity index (χ0v) is 6.87. The average Bonchev–Trinajstić information content (AvgIpc) is 2.10. The van der Waals surface area contributed by atoms with Crippen LogP contribution in [0.15, 0.2) is 12.1 Å². The fourth-order valence-electron chi connectivity index (χ4n) is 0.998. The summed E-state index contributed by atoms with van der Waals surface area (Å²) in [7, 11) is 0. The highest BCUT2D eigenvalue weighted by molar-refractivity contribution is 5.56. The SMILES string of the molecule is O=CCc1ccc(F)c([N+](=O)[O-])c1F. The minimum absolute atomic E-state index is 0.187. The van der Waals surface area contributed by atoms with E-state index in [1.54, 1.807) is 0 Å². The first-order valence-corrected chi connectivity index (χ1v) is 3.62. The maximum Gasteiger partial charge on any atom is 0.340 e. The molecule has 0 atom stereocenters. The van der Waals surface area contributed by atoms with Gasteiger partial charge in [0, 0.05) is 12.0 Å². The Morgan fingerprint density at radius 1 is 1.43 bits per heavy atom. The number of rotatable bonds is 3. The normalized spacial score (nSPS) is 9.86.